The van der Waals surface area contributed by atoms with Crippen molar-refractivity contribution in [3.8, 4) is 5.75 Å². The van der Waals surface area contributed by atoms with Gasteiger partial charge in [-0.05, 0) is 99.2 Å². The van der Waals surface area contributed by atoms with Crippen LogP contribution in [-0.2, 0) is 28.9 Å². The van der Waals surface area contributed by atoms with E-state index in [0.717, 1.165) is 88.1 Å². The number of nitrogens with one attached hydrogen (secondary N) is 1. The third-order valence-corrected chi connectivity index (χ3v) is 9.40. The topological polar surface area (TPSA) is 87.2 Å². The zero-order valence-electron chi connectivity index (χ0n) is 26.2. The van der Waals surface area contributed by atoms with Gasteiger partial charge >= 0.3 is 5.97 Å². The highest BCUT2D eigenvalue weighted by Crippen LogP contribution is 2.37. The second-order valence-electron chi connectivity index (χ2n) is 13.3. The lowest BCUT2D eigenvalue weighted by Crippen LogP contribution is -2.37. The number of anilines is 1. The molecule has 3 aliphatic heterocycles. The minimum atomic E-state index is -0.999. The van der Waals surface area contributed by atoms with E-state index in [1.807, 2.05) is 11.0 Å². The van der Waals surface area contributed by atoms with E-state index >= 15 is 4.39 Å². The van der Waals surface area contributed by atoms with Crippen LogP contribution in [0.2, 0.25) is 0 Å². The van der Waals surface area contributed by atoms with Gasteiger partial charge in [-0.2, -0.15) is 0 Å². The number of likely N-dealkylation sites (tertiary alicyclic amines) is 2. The number of fused-ring (bicyclic) bond motifs is 1. The summed E-state index contributed by atoms with van der Waals surface area (Å²) in [5.74, 6) is -0.436. The van der Waals surface area contributed by atoms with Crippen LogP contribution in [0.3, 0.4) is 0 Å². The number of pyridine rings is 1. The Hall–Kier alpha value is -2.75. The molecule has 0 radical (unpaired) electrons. The van der Waals surface area contributed by atoms with E-state index in [1.54, 1.807) is 0 Å². The monoisotopic (exact) mass is 596 g/mol. The van der Waals surface area contributed by atoms with Crippen LogP contribution in [0.15, 0.2) is 24.3 Å². The molecule has 2 saturated heterocycles. The SMILES string of the molecule is COc1c(F)cc(CN2CCC(C)(C)CC2)cc1C(C(=O)O)N1CC[C@@H](OCCCCCc2ccc3c(n2)NCCC3)C1. The summed E-state index contributed by atoms with van der Waals surface area (Å²) in [4.78, 5) is 21.6. The fourth-order valence-corrected chi connectivity index (χ4v) is 6.71. The Balaban J connectivity index is 1.12. The maximum absolute atomic E-state index is 15.2. The number of benzene rings is 1. The van der Waals surface area contributed by atoms with Gasteiger partial charge < -0.3 is 19.9 Å². The Kier molecular flexibility index (Phi) is 10.6. The van der Waals surface area contributed by atoms with Crippen LogP contribution in [0.4, 0.5) is 10.2 Å². The molecule has 2 fully saturated rings. The Bertz CT molecular complexity index is 1250. The Morgan fingerprint density at radius 2 is 2.00 bits per heavy atom. The molecule has 0 spiro atoms. The summed E-state index contributed by atoms with van der Waals surface area (Å²) in [5, 5.41) is 13.7. The molecule has 0 aliphatic carbocycles. The lowest BCUT2D eigenvalue weighted by molar-refractivity contribution is -0.143. The summed E-state index contributed by atoms with van der Waals surface area (Å²) >= 11 is 0. The molecule has 8 nitrogen and oxygen atoms in total. The number of halogens is 1. The zero-order chi connectivity index (χ0) is 30.4. The molecule has 2 aromatic rings. The van der Waals surface area contributed by atoms with Crippen molar-refractivity contribution >= 4 is 11.8 Å². The van der Waals surface area contributed by atoms with Crippen molar-refractivity contribution in [2.45, 2.75) is 90.3 Å². The number of aromatic nitrogens is 1. The molecule has 1 aromatic heterocycles. The van der Waals surface area contributed by atoms with E-state index < -0.39 is 17.8 Å². The van der Waals surface area contributed by atoms with Crippen molar-refractivity contribution in [3.63, 3.8) is 0 Å². The average Bonchev–Trinajstić information content (AvgIpc) is 3.44. The van der Waals surface area contributed by atoms with Crippen molar-refractivity contribution in [1.82, 2.24) is 14.8 Å². The number of aliphatic carboxylic acids is 1. The molecule has 1 unspecified atom stereocenters. The normalized spacial score (nSPS) is 21.3. The van der Waals surface area contributed by atoms with Crippen molar-refractivity contribution in [2.75, 3.05) is 51.8 Å². The third kappa shape index (κ3) is 8.25. The van der Waals surface area contributed by atoms with Crippen molar-refractivity contribution in [2.24, 2.45) is 5.41 Å². The number of rotatable bonds is 13. The molecule has 5 rings (SSSR count). The summed E-state index contributed by atoms with van der Waals surface area (Å²) in [6, 6.07) is 6.70. The van der Waals surface area contributed by atoms with Crippen LogP contribution in [0.25, 0.3) is 0 Å². The number of unbranched alkanes of at least 4 members (excludes halogenated alkanes) is 2. The molecule has 2 atom stereocenters. The van der Waals surface area contributed by atoms with Gasteiger partial charge in [-0.15, -0.1) is 0 Å². The van der Waals surface area contributed by atoms with Crippen LogP contribution in [0.1, 0.15) is 87.2 Å². The van der Waals surface area contributed by atoms with Crippen LogP contribution in [0.5, 0.6) is 5.75 Å². The first-order valence-corrected chi connectivity index (χ1v) is 16.1. The number of carbonyl (C=O) groups is 1. The number of methoxy groups -OCH3 is 1. The summed E-state index contributed by atoms with van der Waals surface area (Å²) in [6.45, 7) is 9.80. The molecule has 2 N–H and O–H groups in total. The van der Waals surface area contributed by atoms with Gasteiger partial charge in [0.25, 0.3) is 0 Å². The van der Waals surface area contributed by atoms with E-state index in [2.05, 4.69) is 36.2 Å². The Morgan fingerprint density at radius 1 is 1.19 bits per heavy atom. The molecule has 0 amide bonds. The standard InChI is InChI=1S/C34H49FN4O4/c1-34(2)13-17-38(18-14-34)22-24-20-28(31(42-3)29(35)21-24)30(33(40)41)39-16-12-27(23-39)43-19-6-4-5-9-26-11-10-25-8-7-15-36-32(25)37-26/h10-11,20-21,27,30H,4-9,12-19,22-23H2,1-3H3,(H,36,37)(H,40,41)/t27-,30?/m1/s1. The predicted octanol–water partition coefficient (Wildman–Crippen LogP) is 5.84. The largest absolute Gasteiger partial charge is 0.493 e. The van der Waals surface area contributed by atoms with E-state index in [9.17, 15) is 9.90 Å². The second kappa shape index (κ2) is 14.4. The highest BCUT2D eigenvalue weighted by molar-refractivity contribution is 5.77. The summed E-state index contributed by atoms with van der Waals surface area (Å²) < 4.78 is 26.8. The van der Waals surface area contributed by atoms with Crippen molar-refractivity contribution in [1.29, 1.82) is 0 Å². The Morgan fingerprint density at radius 3 is 2.77 bits per heavy atom. The Labute approximate surface area is 256 Å². The van der Waals surface area contributed by atoms with Crippen molar-refractivity contribution < 1.29 is 23.8 Å². The predicted molar refractivity (Wildman–Crippen MR) is 166 cm³/mol. The molecule has 236 valence electrons. The fraction of sp³-hybridized carbons (Fsp3) is 0.647. The van der Waals surface area contributed by atoms with E-state index in [0.29, 0.717) is 37.2 Å². The van der Waals surface area contributed by atoms with Gasteiger partial charge in [0.05, 0.1) is 13.2 Å². The minimum Gasteiger partial charge on any atom is -0.493 e. The molecule has 4 heterocycles. The van der Waals surface area contributed by atoms with Gasteiger partial charge in [-0.1, -0.05) is 26.3 Å². The zero-order valence-corrected chi connectivity index (χ0v) is 26.2. The number of aryl methyl sites for hydroxylation is 2. The first-order chi connectivity index (χ1) is 20.7. The number of carboxylic acids is 1. The highest BCUT2D eigenvalue weighted by atomic mass is 19.1. The number of carboxylic acid groups (broad SMARTS) is 1. The molecule has 9 heteroatoms. The van der Waals surface area contributed by atoms with Crippen LogP contribution in [0, 0.1) is 11.2 Å². The van der Waals surface area contributed by atoms with Gasteiger partial charge in [-0.3, -0.25) is 14.6 Å². The van der Waals surface area contributed by atoms with Crippen LogP contribution < -0.4 is 10.1 Å². The molecule has 0 bridgehead atoms. The second-order valence-corrected chi connectivity index (χ2v) is 13.3. The molecular formula is C34H49FN4O4. The highest BCUT2D eigenvalue weighted by Gasteiger charge is 2.37. The van der Waals surface area contributed by atoms with Crippen LogP contribution in [-0.4, -0.2) is 78.4 Å². The summed E-state index contributed by atoms with van der Waals surface area (Å²) in [5.41, 5.74) is 3.95. The number of piperidine rings is 1. The van der Waals surface area contributed by atoms with Gasteiger partial charge in [0.15, 0.2) is 11.6 Å². The molecule has 3 aliphatic rings. The molecule has 43 heavy (non-hydrogen) atoms. The first kappa shape index (κ1) is 31.7. The number of hydrogen-bond donors (Lipinski definition) is 2. The van der Waals surface area contributed by atoms with Gasteiger partial charge in [0.1, 0.15) is 11.9 Å². The van der Waals surface area contributed by atoms with E-state index in [1.165, 1.54) is 25.2 Å². The number of nitrogens with zero attached hydrogens (tertiary/aromatic N) is 3. The quantitative estimate of drug-likeness (QED) is 0.279. The number of hydrogen-bond acceptors (Lipinski definition) is 7. The summed E-state index contributed by atoms with van der Waals surface area (Å²) in [6.07, 6.45) is 9.20. The first-order valence-electron chi connectivity index (χ1n) is 16.1. The minimum absolute atomic E-state index is 0.0180. The molecular weight excluding hydrogens is 547 g/mol. The maximum Gasteiger partial charge on any atom is 0.325 e. The summed E-state index contributed by atoms with van der Waals surface area (Å²) in [7, 11) is 1.40. The third-order valence-electron chi connectivity index (χ3n) is 9.40. The maximum atomic E-state index is 15.2. The molecule has 0 saturated carbocycles. The van der Waals surface area contributed by atoms with Gasteiger partial charge in [0, 0.05) is 44.0 Å². The van der Waals surface area contributed by atoms with E-state index in [-0.39, 0.29) is 11.9 Å². The smallest absolute Gasteiger partial charge is 0.325 e. The van der Waals surface area contributed by atoms with E-state index in [4.69, 9.17) is 14.5 Å². The van der Waals surface area contributed by atoms with Crippen LogP contribution >= 0.6 is 0 Å². The fourth-order valence-electron chi connectivity index (χ4n) is 6.71. The lowest BCUT2D eigenvalue weighted by Gasteiger charge is -2.37. The van der Waals surface area contributed by atoms with Gasteiger partial charge in [-0.25, -0.2) is 9.37 Å². The van der Waals surface area contributed by atoms with Gasteiger partial charge in [0.2, 0.25) is 0 Å². The molecule has 1 aromatic carbocycles. The van der Waals surface area contributed by atoms with Crippen molar-refractivity contribution in [3.05, 3.63) is 52.5 Å². The number of ether oxygens (including phenoxy) is 2. The average molecular weight is 597 g/mol. The lowest BCUT2D eigenvalue weighted by atomic mass is 9.82.